The van der Waals surface area contributed by atoms with Crippen LogP contribution in [0.2, 0.25) is 0 Å². The minimum absolute atomic E-state index is 0.0497. The molecule has 0 spiro atoms. The number of hydrogen-bond donors (Lipinski definition) is 1. The van der Waals surface area contributed by atoms with Crippen molar-refractivity contribution in [3.8, 4) is 0 Å². The molecule has 0 aliphatic carbocycles. The molecule has 25 heavy (non-hydrogen) atoms. The number of primary amides is 1. The molecule has 0 saturated carbocycles. The highest BCUT2D eigenvalue weighted by Gasteiger charge is 2.33. The Bertz CT molecular complexity index is 886. The van der Waals surface area contributed by atoms with Crippen LogP contribution in [0.1, 0.15) is 29.1 Å². The summed E-state index contributed by atoms with van der Waals surface area (Å²) in [4.78, 5) is 11.4. The van der Waals surface area contributed by atoms with Crippen molar-refractivity contribution in [2.75, 3.05) is 19.7 Å². The number of carbonyl (C=O) groups excluding carboxylic acids is 1. The van der Waals surface area contributed by atoms with E-state index in [0.717, 1.165) is 12.1 Å². The normalized spacial score (nSPS) is 19.2. The number of sulfonamides is 1. The number of carbonyl (C=O) groups is 1. The van der Waals surface area contributed by atoms with Gasteiger partial charge < -0.3 is 15.0 Å². The first kappa shape index (κ1) is 17.6. The van der Waals surface area contributed by atoms with Gasteiger partial charge >= 0.3 is 0 Å². The first-order valence-electron chi connectivity index (χ1n) is 7.93. The molecule has 2 N–H and O–H groups in total. The van der Waals surface area contributed by atoms with E-state index in [1.54, 1.807) is 17.9 Å². The fraction of sp³-hybridized carbons (Fsp3) is 0.467. The van der Waals surface area contributed by atoms with Gasteiger partial charge in [0, 0.05) is 44.6 Å². The van der Waals surface area contributed by atoms with Crippen LogP contribution in [0.25, 0.3) is 0 Å². The van der Waals surface area contributed by atoms with Crippen molar-refractivity contribution in [3.05, 3.63) is 35.9 Å². The Morgan fingerprint density at radius 2 is 2.20 bits per heavy atom. The van der Waals surface area contributed by atoms with Crippen molar-refractivity contribution in [3.63, 3.8) is 0 Å². The third kappa shape index (κ3) is 3.32. The average Bonchev–Trinajstić information content (AvgIpc) is 3.21. The second kappa shape index (κ2) is 6.62. The molecule has 9 nitrogen and oxygen atoms in total. The van der Waals surface area contributed by atoms with Crippen molar-refractivity contribution in [2.45, 2.75) is 24.5 Å². The van der Waals surface area contributed by atoms with Crippen LogP contribution in [-0.2, 0) is 28.4 Å². The smallest absolute Gasteiger partial charge is 0.265 e. The molecule has 0 bridgehead atoms. The summed E-state index contributed by atoms with van der Waals surface area (Å²) in [7, 11) is -2.16. The Kier molecular flexibility index (Phi) is 4.67. The molecule has 10 heteroatoms. The number of nitrogens with zero attached hydrogens (tertiary/aromatic N) is 4. The van der Waals surface area contributed by atoms with Crippen LogP contribution in [0, 0.1) is 0 Å². The summed E-state index contributed by atoms with van der Waals surface area (Å²) in [6.45, 7) is 3.44. The van der Waals surface area contributed by atoms with Crippen LogP contribution in [0.4, 0.5) is 0 Å². The topological polar surface area (TPSA) is 112 Å². The van der Waals surface area contributed by atoms with Gasteiger partial charge in [0.05, 0.1) is 18.9 Å². The molecular weight excluding hydrogens is 346 g/mol. The molecule has 1 saturated heterocycles. The van der Waals surface area contributed by atoms with Crippen LogP contribution < -0.4 is 5.73 Å². The van der Waals surface area contributed by atoms with Gasteiger partial charge in [0.2, 0.25) is 10.0 Å². The minimum Gasteiger partial charge on any atom is -0.371 e. The molecule has 1 atom stereocenters. The number of aryl methyl sites for hydroxylation is 2. The summed E-state index contributed by atoms with van der Waals surface area (Å²) in [6.07, 6.45) is 4.57. The standard InChI is InChI=1S/C15H21N5O4S/c1-3-19-8-11(7-17-19)14-10-20(4-5-24-14)25(22,23)12-6-13(15(16)21)18(2)9-12/h6-9,14H,3-5,10H2,1-2H3,(H2,16,21)/t14-/m1/s1. The van der Waals surface area contributed by atoms with E-state index in [-0.39, 0.29) is 36.4 Å². The molecule has 2 aromatic heterocycles. The number of morpholine rings is 1. The summed E-state index contributed by atoms with van der Waals surface area (Å²) in [5, 5.41) is 4.20. The third-order valence-corrected chi connectivity index (χ3v) is 6.08. The average molecular weight is 367 g/mol. The first-order chi connectivity index (χ1) is 11.8. The van der Waals surface area contributed by atoms with Gasteiger partial charge in [0.25, 0.3) is 5.91 Å². The second-order valence-electron chi connectivity index (χ2n) is 5.89. The molecule has 0 aromatic carbocycles. The number of aromatic nitrogens is 3. The molecule has 136 valence electrons. The van der Waals surface area contributed by atoms with E-state index in [1.807, 2.05) is 13.1 Å². The maximum atomic E-state index is 12.9. The second-order valence-corrected chi connectivity index (χ2v) is 7.83. The third-order valence-electron chi connectivity index (χ3n) is 4.25. The molecule has 3 rings (SSSR count). The maximum Gasteiger partial charge on any atom is 0.265 e. The summed E-state index contributed by atoms with van der Waals surface area (Å²) < 4.78 is 36.1. The van der Waals surface area contributed by atoms with E-state index in [0.29, 0.717) is 0 Å². The largest absolute Gasteiger partial charge is 0.371 e. The quantitative estimate of drug-likeness (QED) is 0.805. The van der Waals surface area contributed by atoms with Crippen molar-refractivity contribution in [2.24, 2.45) is 12.8 Å². The summed E-state index contributed by atoms with van der Waals surface area (Å²) in [5.41, 5.74) is 6.25. The lowest BCUT2D eigenvalue weighted by Crippen LogP contribution is -2.42. The molecule has 0 unspecified atom stereocenters. The van der Waals surface area contributed by atoms with E-state index in [1.165, 1.54) is 21.1 Å². The Morgan fingerprint density at radius 1 is 1.44 bits per heavy atom. The lowest BCUT2D eigenvalue weighted by atomic mass is 10.2. The van der Waals surface area contributed by atoms with Gasteiger partial charge in [-0.15, -0.1) is 0 Å². The molecule has 1 aliphatic rings. The van der Waals surface area contributed by atoms with Gasteiger partial charge in [0.1, 0.15) is 10.6 Å². The number of amides is 1. The number of hydrogen-bond acceptors (Lipinski definition) is 5. The maximum absolute atomic E-state index is 12.9. The van der Waals surface area contributed by atoms with E-state index in [9.17, 15) is 13.2 Å². The highest BCUT2D eigenvalue weighted by Crippen LogP contribution is 2.27. The molecule has 2 aromatic rings. The van der Waals surface area contributed by atoms with Gasteiger partial charge in [-0.05, 0) is 13.0 Å². The predicted molar refractivity (Wildman–Crippen MR) is 89.3 cm³/mol. The molecular formula is C15H21N5O4S. The van der Waals surface area contributed by atoms with E-state index in [4.69, 9.17) is 10.5 Å². The molecule has 0 radical (unpaired) electrons. The van der Waals surface area contributed by atoms with Gasteiger partial charge in [-0.3, -0.25) is 9.48 Å². The van der Waals surface area contributed by atoms with E-state index < -0.39 is 15.9 Å². The van der Waals surface area contributed by atoms with Crippen molar-refractivity contribution < 1.29 is 17.9 Å². The van der Waals surface area contributed by atoms with Crippen molar-refractivity contribution in [1.82, 2.24) is 18.7 Å². The highest BCUT2D eigenvalue weighted by molar-refractivity contribution is 7.89. The van der Waals surface area contributed by atoms with Crippen LogP contribution in [-0.4, -0.2) is 52.7 Å². The summed E-state index contributed by atoms with van der Waals surface area (Å²) in [6, 6.07) is 1.30. The number of ether oxygens (including phenoxy) is 1. The zero-order chi connectivity index (χ0) is 18.2. The number of nitrogens with two attached hydrogens (primary N) is 1. The lowest BCUT2D eigenvalue weighted by Gasteiger charge is -2.31. The van der Waals surface area contributed by atoms with Crippen LogP contribution >= 0.6 is 0 Å². The molecule has 3 heterocycles. The van der Waals surface area contributed by atoms with Crippen LogP contribution in [0.5, 0.6) is 0 Å². The monoisotopic (exact) mass is 367 g/mol. The van der Waals surface area contributed by atoms with Crippen LogP contribution in [0.3, 0.4) is 0 Å². The van der Waals surface area contributed by atoms with E-state index >= 15 is 0 Å². The molecule has 1 aliphatic heterocycles. The Balaban J connectivity index is 1.84. The van der Waals surface area contributed by atoms with Crippen molar-refractivity contribution >= 4 is 15.9 Å². The fourth-order valence-electron chi connectivity index (χ4n) is 2.83. The SMILES string of the molecule is CCn1cc([C@H]2CN(S(=O)(=O)c3cc(C(N)=O)n(C)c3)CCO2)cn1. The Morgan fingerprint density at radius 3 is 2.80 bits per heavy atom. The van der Waals surface area contributed by atoms with Crippen molar-refractivity contribution in [1.29, 1.82) is 0 Å². The first-order valence-corrected chi connectivity index (χ1v) is 9.37. The summed E-state index contributed by atoms with van der Waals surface area (Å²) in [5.74, 6) is -0.671. The summed E-state index contributed by atoms with van der Waals surface area (Å²) >= 11 is 0. The fourth-order valence-corrected chi connectivity index (χ4v) is 4.33. The predicted octanol–water partition coefficient (Wildman–Crippen LogP) is 0.103. The lowest BCUT2D eigenvalue weighted by molar-refractivity contribution is -0.00260. The number of rotatable bonds is 5. The molecule has 1 amide bonds. The van der Waals surface area contributed by atoms with Crippen LogP contribution in [0.15, 0.2) is 29.6 Å². The van der Waals surface area contributed by atoms with Gasteiger partial charge in [-0.2, -0.15) is 9.40 Å². The zero-order valence-electron chi connectivity index (χ0n) is 14.1. The van der Waals surface area contributed by atoms with E-state index in [2.05, 4.69) is 5.10 Å². The molecule has 1 fully saturated rings. The Labute approximate surface area is 146 Å². The zero-order valence-corrected chi connectivity index (χ0v) is 14.9. The van der Waals surface area contributed by atoms with Gasteiger partial charge in [-0.1, -0.05) is 0 Å². The highest BCUT2D eigenvalue weighted by atomic mass is 32.2. The van der Waals surface area contributed by atoms with Gasteiger partial charge in [-0.25, -0.2) is 8.42 Å². The minimum atomic E-state index is -3.74. The van der Waals surface area contributed by atoms with Gasteiger partial charge in [0.15, 0.2) is 0 Å². The Hall–Kier alpha value is -2.17.